The third-order valence-electron chi connectivity index (χ3n) is 3.12. The lowest BCUT2D eigenvalue weighted by Gasteiger charge is -2.16. The summed E-state index contributed by atoms with van der Waals surface area (Å²) < 4.78 is 13.9. The third-order valence-corrected chi connectivity index (χ3v) is 3.55. The molecule has 0 fully saturated rings. The fraction of sp³-hybridized carbons (Fsp3) is 0.267. The van der Waals surface area contributed by atoms with Gasteiger partial charge in [-0.2, -0.15) is 0 Å². The monoisotopic (exact) mass is 350 g/mol. The van der Waals surface area contributed by atoms with Crippen LogP contribution >= 0.6 is 15.9 Å². The van der Waals surface area contributed by atoms with E-state index in [9.17, 15) is 4.79 Å². The molecule has 1 aliphatic rings. The Morgan fingerprint density at radius 3 is 2.62 bits per heavy atom. The second kappa shape index (κ2) is 4.80. The van der Waals surface area contributed by atoms with E-state index in [2.05, 4.69) is 21.2 Å². The van der Waals surface area contributed by atoms with Crippen molar-refractivity contribution >= 4 is 27.5 Å². The normalized spacial score (nSPS) is 15.0. The smallest absolute Gasteiger partial charge is 0.272 e. The van der Waals surface area contributed by atoms with E-state index in [1.807, 2.05) is 27.1 Å². The first kappa shape index (κ1) is 14.0. The Balaban J connectivity index is 1.81. The van der Waals surface area contributed by atoms with Crippen molar-refractivity contribution in [1.29, 1.82) is 0 Å². The van der Waals surface area contributed by atoms with Crippen LogP contribution in [0.1, 0.15) is 24.3 Å². The number of nitrogens with one attached hydrogen (secondary N) is 1. The summed E-state index contributed by atoms with van der Waals surface area (Å²) in [6, 6.07) is 7.12. The van der Waals surface area contributed by atoms with Gasteiger partial charge in [-0.1, -0.05) is 0 Å². The van der Waals surface area contributed by atoms with Gasteiger partial charge in [0, 0.05) is 43.3 Å². The van der Waals surface area contributed by atoms with Crippen molar-refractivity contribution in [2.75, 3.05) is 5.32 Å². The van der Waals surface area contributed by atoms with E-state index in [0.29, 0.717) is 22.9 Å². The molecule has 6 heteroatoms. The molecule has 0 unspecified atom stereocenters. The quantitative estimate of drug-likeness (QED) is 0.900. The zero-order chi connectivity index (χ0) is 15.2. The van der Waals surface area contributed by atoms with Gasteiger partial charge in [0.2, 0.25) is 5.79 Å². The molecular formula is C15H15BrN2O3. The van der Waals surface area contributed by atoms with Crippen molar-refractivity contribution in [3.63, 3.8) is 0 Å². The molecule has 5 nitrogen and oxygen atoms in total. The average molecular weight is 351 g/mol. The average Bonchev–Trinajstić information content (AvgIpc) is 2.86. The lowest BCUT2D eigenvalue weighted by Crippen LogP contribution is -2.29. The van der Waals surface area contributed by atoms with Gasteiger partial charge < -0.3 is 19.4 Å². The number of hydrogen-bond acceptors (Lipinski definition) is 3. The van der Waals surface area contributed by atoms with Crippen LogP contribution in [0.5, 0.6) is 11.5 Å². The highest BCUT2D eigenvalue weighted by atomic mass is 79.9. The number of aromatic nitrogens is 1. The molecule has 0 atom stereocenters. The summed E-state index contributed by atoms with van der Waals surface area (Å²) in [5, 5.41) is 2.85. The van der Waals surface area contributed by atoms with Crippen molar-refractivity contribution in [2.45, 2.75) is 19.6 Å². The molecule has 2 heterocycles. The summed E-state index contributed by atoms with van der Waals surface area (Å²) in [5.74, 6) is 0.459. The third kappa shape index (κ3) is 2.76. The Hall–Kier alpha value is -1.95. The number of amides is 1. The number of nitrogens with zero attached hydrogens (tertiary/aromatic N) is 1. The maximum Gasteiger partial charge on any atom is 0.272 e. The number of fused-ring (bicyclic) bond motifs is 1. The number of anilines is 1. The van der Waals surface area contributed by atoms with E-state index in [1.54, 1.807) is 28.8 Å². The van der Waals surface area contributed by atoms with Gasteiger partial charge in [0.25, 0.3) is 5.91 Å². The van der Waals surface area contributed by atoms with Crippen molar-refractivity contribution in [1.82, 2.24) is 4.57 Å². The molecule has 110 valence electrons. The lowest BCUT2D eigenvalue weighted by molar-refractivity contribution is -0.0431. The van der Waals surface area contributed by atoms with Crippen LogP contribution in [0.15, 0.2) is 34.9 Å². The molecule has 1 amide bonds. The summed E-state index contributed by atoms with van der Waals surface area (Å²) in [7, 11) is 1.82. The molecule has 1 aliphatic heterocycles. The maximum absolute atomic E-state index is 12.3. The molecule has 1 aromatic carbocycles. The number of ether oxygens (including phenoxy) is 2. The second-order valence-electron chi connectivity index (χ2n) is 5.37. The summed E-state index contributed by atoms with van der Waals surface area (Å²) >= 11 is 3.35. The molecule has 1 aromatic heterocycles. The molecular weight excluding hydrogens is 336 g/mol. The van der Waals surface area contributed by atoms with Gasteiger partial charge in [-0.05, 0) is 34.1 Å². The molecule has 1 N–H and O–H groups in total. The van der Waals surface area contributed by atoms with Crippen LogP contribution in [-0.4, -0.2) is 16.3 Å². The van der Waals surface area contributed by atoms with Crippen LogP contribution in [0.2, 0.25) is 0 Å². The van der Waals surface area contributed by atoms with E-state index < -0.39 is 5.79 Å². The van der Waals surface area contributed by atoms with Gasteiger partial charge in [-0.25, -0.2) is 0 Å². The van der Waals surface area contributed by atoms with Crippen molar-refractivity contribution in [3.05, 3.63) is 40.6 Å². The molecule has 0 spiro atoms. The minimum atomic E-state index is -0.673. The first-order chi connectivity index (χ1) is 9.84. The molecule has 3 rings (SSSR count). The number of carbonyl (C=O) groups is 1. The summed E-state index contributed by atoms with van der Waals surface area (Å²) in [6.07, 6.45) is 1.83. The van der Waals surface area contributed by atoms with Crippen LogP contribution < -0.4 is 14.8 Å². The molecule has 0 radical (unpaired) electrons. The number of aryl methyl sites for hydroxylation is 1. The fourth-order valence-corrected chi connectivity index (χ4v) is 2.77. The predicted octanol–water partition coefficient (Wildman–Crippen LogP) is 3.55. The van der Waals surface area contributed by atoms with Crippen LogP contribution in [0, 0.1) is 0 Å². The highest BCUT2D eigenvalue weighted by molar-refractivity contribution is 9.10. The van der Waals surface area contributed by atoms with E-state index >= 15 is 0 Å². The molecule has 21 heavy (non-hydrogen) atoms. The van der Waals surface area contributed by atoms with Gasteiger partial charge >= 0.3 is 0 Å². The Bertz CT molecular complexity index is 722. The van der Waals surface area contributed by atoms with Crippen LogP contribution in [0.4, 0.5) is 5.69 Å². The van der Waals surface area contributed by atoms with E-state index in [-0.39, 0.29) is 5.91 Å². The molecule has 0 saturated heterocycles. The summed E-state index contributed by atoms with van der Waals surface area (Å²) in [6.45, 7) is 3.68. The Morgan fingerprint density at radius 1 is 1.24 bits per heavy atom. The van der Waals surface area contributed by atoms with E-state index in [1.165, 1.54) is 0 Å². The number of halogens is 1. The molecule has 0 bridgehead atoms. The van der Waals surface area contributed by atoms with Crippen LogP contribution in [-0.2, 0) is 7.05 Å². The fourth-order valence-electron chi connectivity index (χ4n) is 2.25. The van der Waals surface area contributed by atoms with Gasteiger partial charge in [-0.3, -0.25) is 4.79 Å². The van der Waals surface area contributed by atoms with Crippen molar-refractivity contribution in [2.24, 2.45) is 7.05 Å². The molecule has 0 saturated carbocycles. The Morgan fingerprint density at radius 2 is 1.95 bits per heavy atom. The highest BCUT2D eigenvalue weighted by Crippen LogP contribution is 2.40. The first-order valence-electron chi connectivity index (χ1n) is 6.49. The van der Waals surface area contributed by atoms with Crippen LogP contribution in [0.3, 0.4) is 0 Å². The largest absolute Gasteiger partial charge is 0.449 e. The number of rotatable bonds is 2. The lowest BCUT2D eigenvalue weighted by atomic mass is 10.2. The minimum Gasteiger partial charge on any atom is -0.449 e. The summed E-state index contributed by atoms with van der Waals surface area (Å²) in [5.41, 5.74) is 1.23. The van der Waals surface area contributed by atoms with Crippen LogP contribution in [0.25, 0.3) is 0 Å². The highest BCUT2D eigenvalue weighted by Gasteiger charge is 2.31. The predicted molar refractivity (Wildman–Crippen MR) is 82.8 cm³/mol. The van der Waals surface area contributed by atoms with E-state index in [0.717, 1.165) is 4.47 Å². The number of hydrogen-bond donors (Lipinski definition) is 1. The zero-order valence-electron chi connectivity index (χ0n) is 11.9. The number of benzene rings is 1. The maximum atomic E-state index is 12.3. The molecule has 2 aromatic rings. The Labute approximate surface area is 131 Å². The standard InChI is InChI=1S/C15H15BrN2O3/c1-15(2)20-12-5-4-10(7-13(12)21-15)17-14(19)11-6-9(16)8-18(11)3/h4-8H,1-3H3,(H,17,19). The van der Waals surface area contributed by atoms with Gasteiger partial charge in [-0.15, -0.1) is 0 Å². The van der Waals surface area contributed by atoms with Gasteiger partial charge in [0.15, 0.2) is 11.5 Å². The number of carbonyl (C=O) groups excluding carboxylic acids is 1. The van der Waals surface area contributed by atoms with Gasteiger partial charge in [0.1, 0.15) is 5.69 Å². The zero-order valence-corrected chi connectivity index (χ0v) is 13.5. The second-order valence-corrected chi connectivity index (χ2v) is 6.29. The summed E-state index contributed by atoms with van der Waals surface area (Å²) in [4.78, 5) is 12.3. The van der Waals surface area contributed by atoms with Crippen molar-refractivity contribution in [3.8, 4) is 11.5 Å². The SMILES string of the molecule is Cn1cc(Br)cc1C(=O)Nc1ccc2c(c1)OC(C)(C)O2. The minimum absolute atomic E-state index is 0.179. The Kier molecular flexibility index (Phi) is 3.20. The van der Waals surface area contributed by atoms with Crippen molar-refractivity contribution < 1.29 is 14.3 Å². The van der Waals surface area contributed by atoms with Gasteiger partial charge in [0.05, 0.1) is 0 Å². The topological polar surface area (TPSA) is 52.5 Å². The van der Waals surface area contributed by atoms with E-state index in [4.69, 9.17) is 9.47 Å². The molecule has 0 aliphatic carbocycles. The first-order valence-corrected chi connectivity index (χ1v) is 7.29.